The molecule has 2 fully saturated rings. The zero-order valence-electron chi connectivity index (χ0n) is 17.4. The van der Waals surface area contributed by atoms with E-state index in [4.69, 9.17) is 29.1 Å². The highest BCUT2D eigenvalue weighted by Crippen LogP contribution is 2.39. The molecule has 0 amide bonds. The van der Waals surface area contributed by atoms with E-state index in [0.29, 0.717) is 6.61 Å². The molecule has 172 valence electrons. The smallest absolute Gasteiger partial charge is 0.467 e. The molecule has 0 aromatic heterocycles. The lowest BCUT2D eigenvalue weighted by molar-refractivity contribution is -0.273. The molecule has 0 aliphatic carbocycles. The summed E-state index contributed by atoms with van der Waals surface area (Å²) in [6, 6.07) is 9.60. The van der Waals surface area contributed by atoms with Gasteiger partial charge in [0.25, 0.3) is 5.90 Å². The molecule has 0 bridgehead atoms. The number of halogens is 3. The van der Waals surface area contributed by atoms with Crippen LogP contribution in [-0.2, 0) is 35.0 Å². The summed E-state index contributed by atoms with van der Waals surface area (Å²) in [4.78, 5) is 0. The highest BCUT2D eigenvalue weighted by molar-refractivity contribution is 5.78. The molecule has 2 saturated heterocycles. The van der Waals surface area contributed by atoms with Crippen LogP contribution in [0, 0.1) is 5.41 Å². The first kappa shape index (κ1) is 23.7. The van der Waals surface area contributed by atoms with Crippen LogP contribution in [0.1, 0.15) is 19.4 Å². The number of rotatable bonds is 7. The van der Waals surface area contributed by atoms with Crippen LogP contribution in [-0.4, -0.2) is 62.3 Å². The van der Waals surface area contributed by atoms with Gasteiger partial charge in [0.15, 0.2) is 12.1 Å². The average molecular weight is 445 g/mol. The van der Waals surface area contributed by atoms with Crippen molar-refractivity contribution in [3.8, 4) is 0 Å². The third kappa shape index (κ3) is 6.05. The topological polar surface area (TPSA) is 79.2 Å². The standard InChI is InChI=1S/C21H26F3NO6/c1-20(2)30-15-14(10-7-11-27-19(25)21(22,23)24)29-18(26-3)17(16(15)31-20)28-12-13-8-5-4-6-9-13/h4-10,14-18,25H,11-12H2,1-3H3/b10-7-,25-19?/t14-,15+,16+,17-,18+/m1/s1. The molecule has 10 heteroatoms. The van der Waals surface area contributed by atoms with Gasteiger partial charge in [0, 0.05) is 7.11 Å². The minimum absolute atomic E-state index is 0.315. The zero-order chi connectivity index (χ0) is 22.6. The molecule has 0 spiro atoms. The number of alkyl halides is 3. The van der Waals surface area contributed by atoms with Gasteiger partial charge in [0.05, 0.1) is 6.61 Å². The van der Waals surface area contributed by atoms with Crippen LogP contribution in [0.3, 0.4) is 0 Å². The predicted octanol–water partition coefficient (Wildman–Crippen LogP) is 3.58. The number of fused-ring (bicyclic) bond motifs is 1. The van der Waals surface area contributed by atoms with Gasteiger partial charge in [-0.25, -0.2) is 0 Å². The van der Waals surface area contributed by atoms with E-state index in [9.17, 15) is 13.2 Å². The van der Waals surface area contributed by atoms with E-state index in [1.165, 1.54) is 19.3 Å². The minimum Gasteiger partial charge on any atom is -0.470 e. The van der Waals surface area contributed by atoms with Gasteiger partial charge in [0.1, 0.15) is 31.0 Å². The Labute approximate surface area is 178 Å². The normalized spacial score (nSPS) is 30.3. The Hall–Kier alpha value is -1.98. The maximum Gasteiger partial charge on any atom is 0.467 e. The Morgan fingerprint density at radius 3 is 2.48 bits per heavy atom. The minimum atomic E-state index is -4.82. The molecule has 3 rings (SSSR count). The van der Waals surface area contributed by atoms with E-state index in [2.05, 4.69) is 4.74 Å². The lowest BCUT2D eigenvalue weighted by Crippen LogP contribution is -2.57. The number of benzene rings is 1. The van der Waals surface area contributed by atoms with Crippen LogP contribution in [0.2, 0.25) is 0 Å². The Morgan fingerprint density at radius 2 is 1.84 bits per heavy atom. The van der Waals surface area contributed by atoms with Crippen LogP contribution in [0.4, 0.5) is 13.2 Å². The van der Waals surface area contributed by atoms with E-state index in [1.807, 2.05) is 30.3 Å². The van der Waals surface area contributed by atoms with Gasteiger partial charge in [-0.15, -0.1) is 0 Å². The molecule has 31 heavy (non-hydrogen) atoms. The van der Waals surface area contributed by atoms with Crippen molar-refractivity contribution < 1.29 is 41.6 Å². The van der Waals surface area contributed by atoms with Gasteiger partial charge in [-0.1, -0.05) is 36.4 Å². The van der Waals surface area contributed by atoms with Crippen molar-refractivity contribution in [1.82, 2.24) is 0 Å². The van der Waals surface area contributed by atoms with Gasteiger partial charge >= 0.3 is 6.18 Å². The van der Waals surface area contributed by atoms with Crippen molar-refractivity contribution in [3.63, 3.8) is 0 Å². The second-order valence-corrected chi connectivity index (χ2v) is 7.60. The monoisotopic (exact) mass is 445 g/mol. The van der Waals surface area contributed by atoms with Crippen LogP contribution < -0.4 is 0 Å². The number of methoxy groups -OCH3 is 1. The number of ether oxygens (including phenoxy) is 6. The van der Waals surface area contributed by atoms with Crippen molar-refractivity contribution in [2.45, 2.75) is 63.1 Å². The highest BCUT2D eigenvalue weighted by Gasteiger charge is 2.55. The SMILES string of the molecule is CO[C@H]1O[C@H](/C=C\COC(=N)C(F)(F)F)[C@@H]2OC(C)(C)O[C@@H]2[C@H]1OCc1ccccc1. The summed E-state index contributed by atoms with van der Waals surface area (Å²) in [5.74, 6) is -2.67. The van der Waals surface area contributed by atoms with Crippen LogP contribution >= 0.6 is 0 Å². The fourth-order valence-electron chi connectivity index (χ4n) is 3.48. The number of hydrogen-bond acceptors (Lipinski definition) is 7. The third-order valence-electron chi connectivity index (χ3n) is 4.80. The molecule has 5 atom stereocenters. The number of nitrogens with one attached hydrogen (secondary N) is 1. The summed E-state index contributed by atoms with van der Waals surface area (Å²) < 4.78 is 71.0. The Balaban J connectivity index is 1.68. The number of hydrogen-bond donors (Lipinski definition) is 1. The highest BCUT2D eigenvalue weighted by atomic mass is 19.4. The van der Waals surface area contributed by atoms with Gasteiger partial charge < -0.3 is 28.4 Å². The molecule has 1 N–H and O–H groups in total. The quantitative estimate of drug-likeness (QED) is 0.393. The molecule has 1 aromatic rings. The average Bonchev–Trinajstić information content (AvgIpc) is 3.04. The summed E-state index contributed by atoms with van der Waals surface area (Å²) in [5, 5.41) is 6.84. The maximum atomic E-state index is 12.4. The molecule has 1 aromatic carbocycles. The molecule has 2 heterocycles. The summed E-state index contributed by atoms with van der Waals surface area (Å²) in [7, 11) is 1.47. The Kier molecular flexibility index (Phi) is 7.38. The third-order valence-corrected chi connectivity index (χ3v) is 4.80. The van der Waals surface area contributed by atoms with Crippen molar-refractivity contribution >= 4 is 5.90 Å². The van der Waals surface area contributed by atoms with Crippen LogP contribution in [0.5, 0.6) is 0 Å². The van der Waals surface area contributed by atoms with E-state index in [1.54, 1.807) is 13.8 Å². The predicted molar refractivity (Wildman–Crippen MR) is 103 cm³/mol. The summed E-state index contributed by atoms with van der Waals surface area (Å²) in [6.07, 6.45) is -5.10. The molecule has 2 aliphatic heterocycles. The first-order chi connectivity index (χ1) is 14.6. The molecular weight excluding hydrogens is 419 g/mol. The molecule has 0 unspecified atom stereocenters. The molecular formula is C21H26F3NO6. The molecule has 2 aliphatic rings. The van der Waals surface area contributed by atoms with Gasteiger partial charge in [-0.2, -0.15) is 13.2 Å². The van der Waals surface area contributed by atoms with Crippen molar-refractivity contribution in [1.29, 1.82) is 5.41 Å². The van der Waals surface area contributed by atoms with E-state index < -0.39 is 55.2 Å². The largest absolute Gasteiger partial charge is 0.470 e. The zero-order valence-corrected chi connectivity index (χ0v) is 17.4. The van der Waals surface area contributed by atoms with E-state index in [0.717, 1.165) is 5.56 Å². The van der Waals surface area contributed by atoms with Crippen molar-refractivity contribution in [2.75, 3.05) is 13.7 Å². The second kappa shape index (κ2) is 9.66. The summed E-state index contributed by atoms with van der Waals surface area (Å²) >= 11 is 0. The van der Waals surface area contributed by atoms with Gasteiger partial charge in [-0.05, 0) is 25.5 Å². The fourth-order valence-corrected chi connectivity index (χ4v) is 3.48. The lowest BCUT2D eigenvalue weighted by atomic mass is 9.98. The first-order valence-electron chi connectivity index (χ1n) is 9.75. The van der Waals surface area contributed by atoms with Crippen molar-refractivity contribution in [3.05, 3.63) is 48.0 Å². The van der Waals surface area contributed by atoms with Gasteiger partial charge in [0.2, 0.25) is 0 Å². The van der Waals surface area contributed by atoms with Crippen molar-refractivity contribution in [2.24, 2.45) is 0 Å². The van der Waals surface area contributed by atoms with E-state index in [-0.39, 0.29) is 0 Å². The Morgan fingerprint density at radius 1 is 1.16 bits per heavy atom. The Bertz CT molecular complexity index is 770. The molecule has 0 saturated carbocycles. The summed E-state index contributed by atoms with van der Waals surface area (Å²) in [5.41, 5.74) is 0.971. The van der Waals surface area contributed by atoms with Crippen LogP contribution in [0.25, 0.3) is 0 Å². The first-order valence-corrected chi connectivity index (χ1v) is 9.75. The molecule has 7 nitrogen and oxygen atoms in total. The summed E-state index contributed by atoms with van der Waals surface area (Å²) in [6.45, 7) is 3.40. The second-order valence-electron chi connectivity index (χ2n) is 7.60. The maximum absolute atomic E-state index is 12.4. The molecule has 0 radical (unpaired) electrons. The fraction of sp³-hybridized carbons (Fsp3) is 0.571. The lowest BCUT2D eigenvalue weighted by Gasteiger charge is -2.40. The van der Waals surface area contributed by atoms with E-state index >= 15 is 0 Å². The van der Waals surface area contributed by atoms with Gasteiger partial charge in [-0.3, -0.25) is 5.41 Å². The van der Waals surface area contributed by atoms with Crippen LogP contribution in [0.15, 0.2) is 42.5 Å².